The zero-order valence-electron chi connectivity index (χ0n) is 7.15. The monoisotopic (exact) mass is 175 g/mol. The molecule has 1 nitrogen and oxygen atoms in total. The van der Waals surface area contributed by atoms with Gasteiger partial charge < -0.3 is 5.32 Å². The van der Waals surface area contributed by atoms with Crippen LogP contribution in [0.4, 0.5) is 8.78 Å². The van der Waals surface area contributed by atoms with Crippen molar-refractivity contribution in [2.45, 2.75) is 44.1 Å². The van der Waals surface area contributed by atoms with Gasteiger partial charge in [-0.25, -0.2) is 8.78 Å². The molecule has 0 amide bonds. The molecule has 2 rings (SSSR count). The largest absolute Gasteiger partial charge is 0.314 e. The van der Waals surface area contributed by atoms with Gasteiger partial charge in [-0.15, -0.1) is 0 Å². The van der Waals surface area contributed by atoms with Gasteiger partial charge in [0.15, 0.2) is 0 Å². The van der Waals surface area contributed by atoms with Crippen LogP contribution in [0.3, 0.4) is 0 Å². The summed E-state index contributed by atoms with van der Waals surface area (Å²) >= 11 is 0. The van der Waals surface area contributed by atoms with Crippen LogP contribution in [0.1, 0.15) is 32.1 Å². The van der Waals surface area contributed by atoms with E-state index in [0.29, 0.717) is 24.8 Å². The summed E-state index contributed by atoms with van der Waals surface area (Å²) in [6, 6.07) is 0.557. The van der Waals surface area contributed by atoms with Crippen LogP contribution in [0.2, 0.25) is 0 Å². The summed E-state index contributed by atoms with van der Waals surface area (Å²) in [5.41, 5.74) is 0. The van der Waals surface area contributed by atoms with Crippen LogP contribution < -0.4 is 5.32 Å². The third-order valence-electron chi connectivity index (χ3n) is 3.19. The Morgan fingerprint density at radius 3 is 2.08 bits per heavy atom. The van der Waals surface area contributed by atoms with Gasteiger partial charge in [-0.05, 0) is 31.7 Å². The summed E-state index contributed by atoms with van der Waals surface area (Å²) in [6.45, 7) is 1.08. The van der Waals surface area contributed by atoms with Gasteiger partial charge in [0.25, 0.3) is 0 Å². The van der Waals surface area contributed by atoms with Crippen LogP contribution in [-0.4, -0.2) is 18.5 Å². The van der Waals surface area contributed by atoms with Crippen molar-refractivity contribution < 1.29 is 8.78 Å². The fourth-order valence-corrected chi connectivity index (χ4v) is 2.18. The molecule has 1 aliphatic carbocycles. The van der Waals surface area contributed by atoms with Crippen molar-refractivity contribution in [1.82, 2.24) is 5.32 Å². The van der Waals surface area contributed by atoms with Crippen LogP contribution >= 0.6 is 0 Å². The number of hydrogen-bond acceptors (Lipinski definition) is 1. The molecule has 70 valence electrons. The van der Waals surface area contributed by atoms with Crippen LogP contribution in [0.5, 0.6) is 0 Å². The van der Waals surface area contributed by atoms with Gasteiger partial charge in [0.2, 0.25) is 5.92 Å². The van der Waals surface area contributed by atoms with E-state index < -0.39 is 5.92 Å². The summed E-state index contributed by atoms with van der Waals surface area (Å²) < 4.78 is 25.5. The van der Waals surface area contributed by atoms with Crippen molar-refractivity contribution in [2.75, 3.05) is 6.54 Å². The van der Waals surface area contributed by atoms with Gasteiger partial charge in [0, 0.05) is 18.9 Å². The highest BCUT2D eigenvalue weighted by Gasteiger charge is 2.38. The summed E-state index contributed by atoms with van der Waals surface area (Å²) in [5, 5.41) is 3.30. The summed E-state index contributed by atoms with van der Waals surface area (Å²) in [7, 11) is 0. The van der Waals surface area contributed by atoms with Crippen molar-refractivity contribution >= 4 is 0 Å². The predicted octanol–water partition coefficient (Wildman–Crippen LogP) is 2.17. The first-order valence-electron chi connectivity index (χ1n) is 4.79. The van der Waals surface area contributed by atoms with Gasteiger partial charge in [-0.3, -0.25) is 0 Å². The van der Waals surface area contributed by atoms with Gasteiger partial charge in [-0.2, -0.15) is 0 Å². The molecule has 1 unspecified atom stereocenters. The first kappa shape index (κ1) is 8.42. The van der Waals surface area contributed by atoms with E-state index in [1.54, 1.807) is 0 Å². The third kappa shape index (κ3) is 1.60. The van der Waals surface area contributed by atoms with E-state index in [2.05, 4.69) is 5.32 Å². The van der Waals surface area contributed by atoms with E-state index in [9.17, 15) is 8.78 Å². The second-order valence-corrected chi connectivity index (χ2v) is 4.04. The lowest BCUT2D eigenvalue weighted by Gasteiger charge is -2.39. The summed E-state index contributed by atoms with van der Waals surface area (Å²) in [6.07, 6.45) is 2.83. The third-order valence-corrected chi connectivity index (χ3v) is 3.19. The van der Waals surface area contributed by atoms with Crippen molar-refractivity contribution in [3.63, 3.8) is 0 Å². The zero-order valence-corrected chi connectivity index (χ0v) is 7.15. The molecule has 0 radical (unpaired) electrons. The number of rotatable bonds is 1. The first-order valence-corrected chi connectivity index (χ1v) is 4.79. The van der Waals surface area contributed by atoms with Gasteiger partial charge >= 0.3 is 0 Å². The molecule has 1 aliphatic heterocycles. The van der Waals surface area contributed by atoms with E-state index in [1.807, 2.05) is 0 Å². The molecule has 1 saturated heterocycles. The van der Waals surface area contributed by atoms with Gasteiger partial charge in [-0.1, -0.05) is 0 Å². The Morgan fingerprint density at radius 2 is 1.67 bits per heavy atom. The Kier molecular flexibility index (Phi) is 2.07. The maximum atomic E-state index is 12.7. The Morgan fingerprint density at radius 1 is 1.08 bits per heavy atom. The molecule has 0 aromatic carbocycles. The van der Waals surface area contributed by atoms with Gasteiger partial charge in [0.05, 0.1) is 0 Å². The molecule has 1 heterocycles. The second kappa shape index (κ2) is 2.95. The van der Waals surface area contributed by atoms with Crippen molar-refractivity contribution in [1.29, 1.82) is 0 Å². The first-order chi connectivity index (χ1) is 5.67. The molecule has 3 heteroatoms. The van der Waals surface area contributed by atoms with Gasteiger partial charge in [0.1, 0.15) is 0 Å². The number of alkyl halides is 2. The molecular weight excluding hydrogens is 160 g/mol. The van der Waals surface area contributed by atoms with Crippen molar-refractivity contribution in [3.8, 4) is 0 Å². The molecule has 0 aromatic heterocycles. The highest BCUT2D eigenvalue weighted by atomic mass is 19.3. The normalized spacial score (nSPS) is 36.0. The second-order valence-electron chi connectivity index (χ2n) is 4.04. The molecule has 0 aromatic rings. The molecular formula is C9H15F2N. The van der Waals surface area contributed by atoms with E-state index in [0.717, 1.165) is 6.54 Å². The fraction of sp³-hybridized carbons (Fsp3) is 1.00. The minimum absolute atomic E-state index is 0.107. The smallest absolute Gasteiger partial charge is 0.248 e. The average Bonchev–Trinajstić information content (AvgIpc) is 1.89. The number of hydrogen-bond donors (Lipinski definition) is 1. The van der Waals surface area contributed by atoms with E-state index >= 15 is 0 Å². The minimum atomic E-state index is -2.36. The molecule has 2 fully saturated rings. The minimum Gasteiger partial charge on any atom is -0.314 e. The lowest BCUT2D eigenvalue weighted by atomic mass is 9.79. The summed E-state index contributed by atoms with van der Waals surface area (Å²) in [5.74, 6) is -1.83. The Bertz CT molecular complexity index is 156. The molecule has 2 aliphatic rings. The maximum Gasteiger partial charge on any atom is 0.248 e. The van der Waals surface area contributed by atoms with Crippen molar-refractivity contribution in [3.05, 3.63) is 0 Å². The lowest BCUT2D eigenvalue weighted by Crippen LogP contribution is -2.49. The Hall–Kier alpha value is -0.180. The lowest BCUT2D eigenvalue weighted by molar-refractivity contribution is -0.0522. The average molecular weight is 175 g/mol. The van der Waals surface area contributed by atoms with Crippen LogP contribution in [0.15, 0.2) is 0 Å². The van der Waals surface area contributed by atoms with Crippen molar-refractivity contribution in [2.24, 2.45) is 5.92 Å². The fourth-order valence-electron chi connectivity index (χ4n) is 2.18. The molecule has 1 N–H and O–H groups in total. The quantitative estimate of drug-likeness (QED) is 0.644. The highest BCUT2D eigenvalue weighted by Crippen LogP contribution is 2.38. The SMILES string of the molecule is FC1(F)CCC(C2CCN2)CC1. The molecule has 12 heavy (non-hydrogen) atoms. The standard InChI is InChI=1S/C9H15F2N/c10-9(11)4-1-7(2-5-9)8-3-6-12-8/h7-8,12H,1-6H2. The number of halogens is 2. The molecule has 0 bridgehead atoms. The molecule has 1 saturated carbocycles. The Labute approximate surface area is 71.5 Å². The van der Waals surface area contributed by atoms with E-state index in [-0.39, 0.29) is 12.8 Å². The number of nitrogens with one attached hydrogen (secondary N) is 1. The topological polar surface area (TPSA) is 12.0 Å². The Balaban J connectivity index is 1.81. The van der Waals surface area contributed by atoms with Crippen LogP contribution in [0, 0.1) is 5.92 Å². The van der Waals surface area contributed by atoms with Crippen LogP contribution in [0.25, 0.3) is 0 Å². The maximum absolute atomic E-state index is 12.7. The van der Waals surface area contributed by atoms with E-state index in [4.69, 9.17) is 0 Å². The van der Waals surface area contributed by atoms with Crippen LogP contribution in [-0.2, 0) is 0 Å². The highest BCUT2D eigenvalue weighted by molar-refractivity contribution is 4.89. The van der Waals surface area contributed by atoms with E-state index in [1.165, 1.54) is 6.42 Å². The molecule has 1 atom stereocenters. The predicted molar refractivity (Wildman–Crippen MR) is 43.3 cm³/mol. The molecule has 0 spiro atoms. The summed E-state index contributed by atoms with van der Waals surface area (Å²) in [4.78, 5) is 0. The zero-order chi connectivity index (χ0) is 8.60.